The van der Waals surface area contributed by atoms with Gasteiger partial charge in [0, 0.05) is 23.9 Å². The Morgan fingerprint density at radius 2 is 1.55 bits per heavy atom. The van der Waals surface area contributed by atoms with E-state index in [4.69, 9.17) is 0 Å². The molecular formula is C17H31N3. The molecule has 0 saturated heterocycles. The van der Waals surface area contributed by atoms with Crippen molar-refractivity contribution in [3.63, 3.8) is 0 Å². The lowest BCUT2D eigenvalue weighted by molar-refractivity contribution is 0.564. The van der Waals surface area contributed by atoms with Crippen LogP contribution in [0.5, 0.6) is 0 Å². The van der Waals surface area contributed by atoms with Crippen LogP contribution >= 0.6 is 0 Å². The molecule has 1 heterocycles. The molecule has 114 valence electrons. The maximum Gasteiger partial charge on any atom is 0.128 e. The number of aromatic nitrogens is 2. The van der Waals surface area contributed by atoms with Gasteiger partial charge in [-0.3, -0.25) is 0 Å². The van der Waals surface area contributed by atoms with Gasteiger partial charge in [0.1, 0.15) is 5.82 Å². The lowest BCUT2D eigenvalue weighted by Gasteiger charge is -2.12. The minimum Gasteiger partial charge on any atom is -0.315 e. The Kier molecular flexibility index (Phi) is 7.14. The minimum atomic E-state index is 0.562. The van der Waals surface area contributed by atoms with Crippen LogP contribution in [0.25, 0.3) is 0 Å². The molecule has 1 aromatic heterocycles. The van der Waals surface area contributed by atoms with E-state index in [2.05, 4.69) is 56.8 Å². The van der Waals surface area contributed by atoms with Crippen molar-refractivity contribution < 1.29 is 0 Å². The summed E-state index contributed by atoms with van der Waals surface area (Å²) in [6.45, 7) is 14.2. The maximum atomic E-state index is 4.69. The number of hydrogen-bond acceptors (Lipinski definition) is 3. The number of hydrogen-bond donors (Lipinski definition) is 1. The van der Waals surface area contributed by atoms with Crippen LogP contribution in [-0.2, 0) is 12.8 Å². The zero-order valence-electron chi connectivity index (χ0n) is 14.1. The van der Waals surface area contributed by atoms with E-state index >= 15 is 0 Å². The first-order valence-corrected chi connectivity index (χ1v) is 7.96. The second-order valence-corrected chi connectivity index (χ2v) is 6.43. The molecule has 0 spiro atoms. The van der Waals surface area contributed by atoms with E-state index in [0.717, 1.165) is 38.1 Å². The van der Waals surface area contributed by atoms with E-state index in [1.54, 1.807) is 0 Å². The third kappa shape index (κ3) is 6.00. The summed E-state index contributed by atoms with van der Waals surface area (Å²) in [7, 11) is 0. The highest BCUT2D eigenvalue weighted by atomic mass is 14.9. The molecule has 0 aliphatic rings. The number of aryl methyl sites for hydroxylation is 3. The summed E-state index contributed by atoms with van der Waals surface area (Å²) in [5.74, 6) is 1.72. The molecule has 0 fully saturated rings. The van der Waals surface area contributed by atoms with Crippen molar-refractivity contribution in [3.05, 3.63) is 22.8 Å². The van der Waals surface area contributed by atoms with Gasteiger partial charge in [-0.2, -0.15) is 0 Å². The second kappa shape index (κ2) is 8.35. The highest BCUT2D eigenvalue weighted by Crippen LogP contribution is 2.14. The average molecular weight is 277 g/mol. The number of nitrogens with zero attached hydrogens (tertiary/aromatic N) is 2. The van der Waals surface area contributed by atoms with Gasteiger partial charge in [0.15, 0.2) is 0 Å². The van der Waals surface area contributed by atoms with Gasteiger partial charge in [0.2, 0.25) is 0 Å². The fourth-order valence-electron chi connectivity index (χ4n) is 2.36. The van der Waals surface area contributed by atoms with Crippen molar-refractivity contribution in [2.45, 2.75) is 73.3 Å². The van der Waals surface area contributed by atoms with Gasteiger partial charge in [-0.15, -0.1) is 0 Å². The van der Waals surface area contributed by atoms with Crippen molar-refractivity contribution in [3.8, 4) is 0 Å². The largest absolute Gasteiger partial charge is 0.315 e. The Hall–Kier alpha value is -0.960. The van der Waals surface area contributed by atoms with Crippen molar-refractivity contribution in [1.82, 2.24) is 15.3 Å². The summed E-state index contributed by atoms with van der Waals surface area (Å²) in [6.07, 6.45) is 4.38. The third-order valence-electron chi connectivity index (χ3n) is 3.57. The van der Waals surface area contributed by atoms with Crippen LogP contribution in [-0.4, -0.2) is 22.6 Å². The van der Waals surface area contributed by atoms with E-state index in [1.165, 1.54) is 17.0 Å². The Morgan fingerprint density at radius 3 is 2.05 bits per heavy atom. The third-order valence-corrected chi connectivity index (χ3v) is 3.57. The zero-order chi connectivity index (χ0) is 15.1. The fourth-order valence-corrected chi connectivity index (χ4v) is 2.36. The number of nitrogens with one attached hydrogen (secondary N) is 1. The Morgan fingerprint density at radius 1 is 0.950 bits per heavy atom. The van der Waals surface area contributed by atoms with Gasteiger partial charge in [0.05, 0.1) is 0 Å². The summed E-state index contributed by atoms with van der Waals surface area (Å²) >= 11 is 0. The highest BCUT2D eigenvalue weighted by molar-refractivity contribution is 5.24. The minimum absolute atomic E-state index is 0.562. The SMILES string of the molecule is Cc1nc(CCC(C)C)nc(C)c1CCCNC(C)C. The summed E-state index contributed by atoms with van der Waals surface area (Å²) < 4.78 is 0. The van der Waals surface area contributed by atoms with E-state index in [0.29, 0.717) is 12.0 Å². The molecular weight excluding hydrogens is 246 g/mol. The molecule has 0 unspecified atom stereocenters. The Balaban J connectivity index is 2.59. The molecule has 0 aliphatic heterocycles. The molecule has 0 amide bonds. The molecule has 0 saturated carbocycles. The van der Waals surface area contributed by atoms with E-state index in [-0.39, 0.29) is 0 Å². The molecule has 0 aliphatic carbocycles. The van der Waals surface area contributed by atoms with Crippen molar-refractivity contribution in [1.29, 1.82) is 0 Å². The standard InChI is InChI=1S/C17H31N3/c1-12(2)9-10-17-19-14(5)16(15(6)20-17)8-7-11-18-13(3)4/h12-13,18H,7-11H2,1-6H3. The van der Waals surface area contributed by atoms with Crippen molar-refractivity contribution >= 4 is 0 Å². The molecule has 0 radical (unpaired) electrons. The number of rotatable bonds is 8. The van der Waals surface area contributed by atoms with Crippen LogP contribution in [0.3, 0.4) is 0 Å². The van der Waals surface area contributed by atoms with Gasteiger partial charge in [-0.05, 0) is 51.1 Å². The summed E-state index contributed by atoms with van der Waals surface area (Å²) in [4.78, 5) is 9.38. The lowest BCUT2D eigenvalue weighted by Crippen LogP contribution is -2.24. The molecule has 3 nitrogen and oxygen atoms in total. The fraction of sp³-hybridized carbons (Fsp3) is 0.765. The Bertz CT molecular complexity index is 388. The molecule has 0 atom stereocenters. The summed E-state index contributed by atoms with van der Waals surface area (Å²) in [5.41, 5.74) is 3.67. The Labute approximate surface area is 124 Å². The average Bonchev–Trinajstić information content (AvgIpc) is 2.34. The molecule has 0 aromatic carbocycles. The molecule has 1 rings (SSSR count). The van der Waals surface area contributed by atoms with Gasteiger partial charge < -0.3 is 5.32 Å². The highest BCUT2D eigenvalue weighted by Gasteiger charge is 2.09. The predicted octanol–water partition coefficient (Wildman–Crippen LogP) is 3.61. The van der Waals surface area contributed by atoms with Gasteiger partial charge in [0.25, 0.3) is 0 Å². The predicted molar refractivity (Wildman–Crippen MR) is 86.1 cm³/mol. The van der Waals surface area contributed by atoms with E-state index in [9.17, 15) is 0 Å². The lowest BCUT2D eigenvalue weighted by atomic mass is 10.0. The molecule has 1 N–H and O–H groups in total. The molecule has 0 bridgehead atoms. The molecule has 20 heavy (non-hydrogen) atoms. The quantitative estimate of drug-likeness (QED) is 0.738. The van der Waals surface area contributed by atoms with Gasteiger partial charge in [-0.1, -0.05) is 27.7 Å². The first-order valence-electron chi connectivity index (χ1n) is 7.96. The topological polar surface area (TPSA) is 37.8 Å². The molecule has 3 heteroatoms. The van der Waals surface area contributed by atoms with E-state index in [1.807, 2.05) is 0 Å². The van der Waals surface area contributed by atoms with Crippen LogP contribution in [0, 0.1) is 19.8 Å². The van der Waals surface area contributed by atoms with Crippen molar-refractivity contribution in [2.75, 3.05) is 6.54 Å². The summed E-state index contributed by atoms with van der Waals surface area (Å²) in [6, 6.07) is 0.562. The normalized spacial score (nSPS) is 11.6. The smallest absolute Gasteiger partial charge is 0.128 e. The molecule has 1 aromatic rings. The van der Waals surface area contributed by atoms with Crippen LogP contribution < -0.4 is 5.32 Å². The van der Waals surface area contributed by atoms with Crippen LogP contribution in [0.2, 0.25) is 0 Å². The first kappa shape index (κ1) is 17.1. The van der Waals surface area contributed by atoms with E-state index < -0.39 is 0 Å². The van der Waals surface area contributed by atoms with Crippen LogP contribution in [0.4, 0.5) is 0 Å². The van der Waals surface area contributed by atoms with Gasteiger partial charge in [-0.25, -0.2) is 9.97 Å². The van der Waals surface area contributed by atoms with Crippen LogP contribution in [0.1, 0.15) is 63.3 Å². The summed E-state index contributed by atoms with van der Waals surface area (Å²) in [5, 5.41) is 3.46. The zero-order valence-corrected chi connectivity index (χ0v) is 14.1. The second-order valence-electron chi connectivity index (χ2n) is 6.43. The maximum absolute atomic E-state index is 4.69. The van der Waals surface area contributed by atoms with Crippen LogP contribution in [0.15, 0.2) is 0 Å². The van der Waals surface area contributed by atoms with Gasteiger partial charge >= 0.3 is 0 Å². The van der Waals surface area contributed by atoms with Crippen molar-refractivity contribution in [2.24, 2.45) is 5.92 Å². The first-order chi connectivity index (χ1) is 9.40. The monoisotopic (exact) mass is 277 g/mol.